The van der Waals surface area contributed by atoms with Gasteiger partial charge in [0.15, 0.2) is 0 Å². The summed E-state index contributed by atoms with van der Waals surface area (Å²) in [5.41, 5.74) is 0. The number of carbonyl (C=O) groups excluding carboxylic acids is 1. The summed E-state index contributed by atoms with van der Waals surface area (Å²) in [6, 6.07) is 0. The molecule has 74 valence electrons. The number of likely N-dealkylation sites (tertiary alicyclic amines) is 1. The zero-order valence-electron chi connectivity index (χ0n) is 8.16. The second-order valence-corrected chi connectivity index (χ2v) is 4.28. The zero-order chi connectivity index (χ0) is 9.26. The van der Waals surface area contributed by atoms with E-state index in [0.29, 0.717) is 5.92 Å². The number of carbonyl (C=O) groups is 1. The first-order valence-corrected chi connectivity index (χ1v) is 5.21. The predicted molar refractivity (Wildman–Crippen MR) is 49.5 cm³/mol. The molecule has 2 aliphatic rings. The van der Waals surface area contributed by atoms with Gasteiger partial charge < -0.3 is 9.64 Å². The van der Waals surface area contributed by atoms with Crippen molar-refractivity contribution in [3.63, 3.8) is 0 Å². The Labute approximate surface area is 79.0 Å². The van der Waals surface area contributed by atoms with Crippen molar-refractivity contribution >= 4 is 6.09 Å². The van der Waals surface area contributed by atoms with Gasteiger partial charge in [0.1, 0.15) is 6.10 Å². The Balaban J connectivity index is 1.76. The van der Waals surface area contributed by atoms with E-state index < -0.39 is 0 Å². The van der Waals surface area contributed by atoms with Crippen LogP contribution in [0.1, 0.15) is 32.6 Å². The van der Waals surface area contributed by atoms with Gasteiger partial charge in [0, 0.05) is 13.1 Å². The van der Waals surface area contributed by atoms with Gasteiger partial charge in [0.05, 0.1) is 0 Å². The molecule has 1 amide bonds. The van der Waals surface area contributed by atoms with Crippen molar-refractivity contribution in [1.82, 2.24) is 4.90 Å². The van der Waals surface area contributed by atoms with Crippen LogP contribution in [0.5, 0.6) is 0 Å². The van der Waals surface area contributed by atoms with Gasteiger partial charge in [-0.3, -0.25) is 0 Å². The molecule has 1 unspecified atom stereocenters. The molecular weight excluding hydrogens is 166 g/mol. The molecule has 1 saturated carbocycles. The van der Waals surface area contributed by atoms with Crippen LogP contribution in [0.2, 0.25) is 0 Å². The molecular formula is C10H17NO2. The van der Waals surface area contributed by atoms with Crippen molar-refractivity contribution in [2.75, 3.05) is 13.1 Å². The molecule has 13 heavy (non-hydrogen) atoms. The van der Waals surface area contributed by atoms with Crippen LogP contribution in [0.3, 0.4) is 0 Å². The lowest BCUT2D eigenvalue weighted by molar-refractivity contribution is 0.0305. The lowest BCUT2D eigenvalue weighted by atomic mass is 9.96. The number of hydrogen-bond acceptors (Lipinski definition) is 2. The van der Waals surface area contributed by atoms with Gasteiger partial charge in [0.25, 0.3) is 0 Å². The highest BCUT2D eigenvalue weighted by Gasteiger charge is 2.28. The topological polar surface area (TPSA) is 29.5 Å². The van der Waals surface area contributed by atoms with E-state index in [1.807, 2.05) is 4.90 Å². The van der Waals surface area contributed by atoms with Crippen LogP contribution >= 0.6 is 0 Å². The second kappa shape index (κ2) is 3.56. The van der Waals surface area contributed by atoms with Crippen molar-refractivity contribution in [2.24, 2.45) is 5.92 Å². The summed E-state index contributed by atoms with van der Waals surface area (Å²) in [6.07, 6.45) is 4.61. The highest BCUT2D eigenvalue weighted by Crippen LogP contribution is 2.24. The highest BCUT2D eigenvalue weighted by molar-refractivity contribution is 5.68. The summed E-state index contributed by atoms with van der Waals surface area (Å²) in [4.78, 5) is 13.3. The van der Waals surface area contributed by atoms with E-state index in [2.05, 4.69) is 6.92 Å². The Bertz CT molecular complexity index is 201. The van der Waals surface area contributed by atoms with Crippen LogP contribution < -0.4 is 0 Å². The molecule has 0 N–H and O–H groups in total. The van der Waals surface area contributed by atoms with Crippen molar-refractivity contribution in [2.45, 2.75) is 38.7 Å². The number of amides is 1. The third-order valence-corrected chi connectivity index (χ3v) is 3.00. The first kappa shape index (κ1) is 8.85. The first-order chi connectivity index (χ1) is 6.25. The number of rotatable bonds is 1. The van der Waals surface area contributed by atoms with Gasteiger partial charge in [-0.1, -0.05) is 6.92 Å². The summed E-state index contributed by atoms with van der Waals surface area (Å²) < 4.78 is 5.31. The standard InChI is InChI=1S/C10H17NO2/c1-8-5-6-11(7-8)10(12)13-9-3-2-4-9/h8-9H,2-7H2,1H3. The van der Waals surface area contributed by atoms with Crippen LogP contribution in [0, 0.1) is 5.92 Å². The predicted octanol–water partition coefficient (Wildman–Crippen LogP) is 2.02. The van der Waals surface area contributed by atoms with Gasteiger partial charge in [-0.25, -0.2) is 4.79 Å². The van der Waals surface area contributed by atoms with Crippen LogP contribution in [0.15, 0.2) is 0 Å². The van der Waals surface area contributed by atoms with E-state index in [9.17, 15) is 4.79 Å². The molecule has 0 aromatic heterocycles. The molecule has 0 radical (unpaired) electrons. The normalized spacial score (nSPS) is 28.7. The van der Waals surface area contributed by atoms with Crippen molar-refractivity contribution < 1.29 is 9.53 Å². The number of hydrogen-bond donors (Lipinski definition) is 0. The third-order valence-electron chi connectivity index (χ3n) is 3.00. The maximum atomic E-state index is 11.5. The maximum absolute atomic E-state index is 11.5. The molecule has 1 aliphatic carbocycles. The Kier molecular flexibility index (Phi) is 2.42. The van der Waals surface area contributed by atoms with E-state index in [1.54, 1.807) is 0 Å². The molecule has 3 nitrogen and oxygen atoms in total. The van der Waals surface area contributed by atoms with Gasteiger partial charge in [-0.15, -0.1) is 0 Å². The third kappa shape index (κ3) is 1.95. The molecule has 3 heteroatoms. The van der Waals surface area contributed by atoms with Crippen LogP contribution in [0.4, 0.5) is 4.79 Å². The Hall–Kier alpha value is -0.730. The van der Waals surface area contributed by atoms with E-state index in [4.69, 9.17) is 4.74 Å². The summed E-state index contributed by atoms with van der Waals surface area (Å²) in [7, 11) is 0. The molecule has 0 aromatic rings. The lowest BCUT2D eigenvalue weighted by Gasteiger charge is -2.27. The molecule has 0 bridgehead atoms. The quantitative estimate of drug-likeness (QED) is 0.622. The fraction of sp³-hybridized carbons (Fsp3) is 0.900. The molecule has 1 atom stereocenters. The Morgan fingerprint density at radius 2 is 2.15 bits per heavy atom. The number of ether oxygens (including phenoxy) is 1. The van der Waals surface area contributed by atoms with Gasteiger partial charge in [-0.2, -0.15) is 0 Å². The minimum Gasteiger partial charge on any atom is -0.446 e. The average Bonchev–Trinajstić information content (AvgIpc) is 2.44. The number of nitrogens with zero attached hydrogens (tertiary/aromatic N) is 1. The molecule has 2 rings (SSSR count). The van der Waals surface area contributed by atoms with E-state index in [-0.39, 0.29) is 12.2 Å². The van der Waals surface area contributed by atoms with Crippen molar-refractivity contribution in [1.29, 1.82) is 0 Å². The van der Waals surface area contributed by atoms with Crippen molar-refractivity contribution in [3.05, 3.63) is 0 Å². The summed E-state index contributed by atoms with van der Waals surface area (Å²) >= 11 is 0. The summed E-state index contributed by atoms with van der Waals surface area (Å²) in [5.74, 6) is 0.647. The van der Waals surface area contributed by atoms with Crippen LogP contribution in [0.25, 0.3) is 0 Å². The zero-order valence-corrected chi connectivity index (χ0v) is 8.16. The molecule has 1 saturated heterocycles. The smallest absolute Gasteiger partial charge is 0.410 e. The van der Waals surface area contributed by atoms with Crippen LogP contribution in [-0.4, -0.2) is 30.2 Å². The maximum Gasteiger partial charge on any atom is 0.410 e. The molecule has 1 heterocycles. The van der Waals surface area contributed by atoms with Gasteiger partial charge in [0.2, 0.25) is 0 Å². The van der Waals surface area contributed by atoms with E-state index >= 15 is 0 Å². The SMILES string of the molecule is CC1CCN(C(=O)OC2CCC2)C1. The fourth-order valence-electron chi connectivity index (χ4n) is 1.81. The Morgan fingerprint density at radius 1 is 1.38 bits per heavy atom. The monoisotopic (exact) mass is 183 g/mol. The molecule has 0 spiro atoms. The van der Waals surface area contributed by atoms with E-state index in [1.165, 1.54) is 6.42 Å². The molecule has 0 aromatic carbocycles. The Morgan fingerprint density at radius 3 is 2.62 bits per heavy atom. The summed E-state index contributed by atoms with van der Waals surface area (Å²) in [5, 5.41) is 0. The molecule has 1 aliphatic heterocycles. The lowest BCUT2D eigenvalue weighted by Crippen LogP contribution is -2.34. The summed E-state index contributed by atoms with van der Waals surface area (Å²) in [6.45, 7) is 3.94. The van der Waals surface area contributed by atoms with Crippen molar-refractivity contribution in [3.8, 4) is 0 Å². The fourth-order valence-corrected chi connectivity index (χ4v) is 1.81. The van der Waals surface area contributed by atoms with E-state index in [0.717, 1.165) is 32.4 Å². The van der Waals surface area contributed by atoms with Crippen LogP contribution in [-0.2, 0) is 4.74 Å². The second-order valence-electron chi connectivity index (χ2n) is 4.28. The van der Waals surface area contributed by atoms with Gasteiger partial charge >= 0.3 is 6.09 Å². The average molecular weight is 183 g/mol. The first-order valence-electron chi connectivity index (χ1n) is 5.21. The highest BCUT2D eigenvalue weighted by atomic mass is 16.6. The minimum atomic E-state index is -0.0888. The van der Waals surface area contributed by atoms with Gasteiger partial charge in [-0.05, 0) is 31.6 Å². The largest absolute Gasteiger partial charge is 0.446 e. The molecule has 2 fully saturated rings. The minimum absolute atomic E-state index is 0.0888.